The van der Waals surface area contributed by atoms with Crippen molar-refractivity contribution in [1.29, 1.82) is 0 Å². The molecule has 0 saturated carbocycles. The molecule has 0 aliphatic heterocycles. The number of aryl methyl sites for hydroxylation is 1. The third-order valence-corrected chi connectivity index (χ3v) is 3.38. The van der Waals surface area contributed by atoms with E-state index in [0.717, 1.165) is 39.0 Å². The summed E-state index contributed by atoms with van der Waals surface area (Å²) < 4.78 is 4.01. The molecule has 92 valence electrons. The van der Waals surface area contributed by atoms with Crippen LogP contribution in [0.1, 0.15) is 30.8 Å². The van der Waals surface area contributed by atoms with Gasteiger partial charge in [0.05, 0.1) is 10.6 Å². The van der Waals surface area contributed by atoms with Crippen molar-refractivity contribution < 1.29 is 0 Å². The molecule has 0 bridgehead atoms. The third-order valence-electron chi connectivity index (χ3n) is 2.62. The molecule has 4 nitrogen and oxygen atoms in total. The van der Waals surface area contributed by atoms with Crippen LogP contribution in [0.25, 0.3) is 0 Å². The average Bonchev–Trinajstić information content (AvgIpc) is 2.72. The lowest BCUT2D eigenvalue weighted by Crippen LogP contribution is -2.28. The largest absolute Gasteiger partial charge is 0.310 e. The van der Waals surface area contributed by atoms with E-state index in [1.807, 2.05) is 0 Å². The van der Waals surface area contributed by atoms with E-state index in [9.17, 15) is 0 Å². The first kappa shape index (κ1) is 13.5. The summed E-state index contributed by atoms with van der Waals surface area (Å²) in [5, 5.41) is 7.59. The molecular formula is C11H22N4S. The van der Waals surface area contributed by atoms with Crippen LogP contribution >= 0.6 is 11.5 Å². The molecule has 5 heteroatoms. The van der Waals surface area contributed by atoms with Crippen molar-refractivity contribution in [2.24, 2.45) is 0 Å². The van der Waals surface area contributed by atoms with Gasteiger partial charge in [0.15, 0.2) is 0 Å². The minimum absolute atomic E-state index is 0.907. The lowest BCUT2D eigenvalue weighted by molar-refractivity contribution is 0.349. The SMILES string of the molecule is CCCc1nnsc1CNCCN(C)CC. The summed E-state index contributed by atoms with van der Waals surface area (Å²) in [6, 6.07) is 0. The van der Waals surface area contributed by atoms with Gasteiger partial charge >= 0.3 is 0 Å². The summed E-state index contributed by atoms with van der Waals surface area (Å²) >= 11 is 1.52. The first-order chi connectivity index (χ1) is 7.77. The van der Waals surface area contributed by atoms with E-state index in [-0.39, 0.29) is 0 Å². The van der Waals surface area contributed by atoms with E-state index < -0.39 is 0 Å². The van der Waals surface area contributed by atoms with Gasteiger partial charge < -0.3 is 10.2 Å². The van der Waals surface area contributed by atoms with E-state index in [1.54, 1.807) is 0 Å². The fourth-order valence-electron chi connectivity index (χ4n) is 1.42. The maximum Gasteiger partial charge on any atom is 0.0800 e. The van der Waals surface area contributed by atoms with Gasteiger partial charge in [0.1, 0.15) is 0 Å². The van der Waals surface area contributed by atoms with Crippen LogP contribution in [0.4, 0.5) is 0 Å². The summed E-state index contributed by atoms with van der Waals surface area (Å²) in [6.45, 7) is 8.47. The summed E-state index contributed by atoms with van der Waals surface area (Å²) in [4.78, 5) is 3.59. The minimum atomic E-state index is 0.907. The lowest BCUT2D eigenvalue weighted by Gasteiger charge is -2.13. The highest BCUT2D eigenvalue weighted by Crippen LogP contribution is 2.11. The highest BCUT2D eigenvalue weighted by molar-refractivity contribution is 7.05. The molecular weight excluding hydrogens is 220 g/mol. The van der Waals surface area contributed by atoms with Crippen LogP contribution in [-0.2, 0) is 13.0 Å². The van der Waals surface area contributed by atoms with Crippen molar-refractivity contribution in [2.45, 2.75) is 33.2 Å². The van der Waals surface area contributed by atoms with Crippen LogP contribution in [0.2, 0.25) is 0 Å². The lowest BCUT2D eigenvalue weighted by atomic mass is 10.2. The second-order valence-electron chi connectivity index (χ2n) is 3.97. The van der Waals surface area contributed by atoms with Gasteiger partial charge in [-0.2, -0.15) is 0 Å². The molecule has 1 rings (SSSR count). The summed E-state index contributed by atoms with van der Waals surface area (Å²) in [5.41, 5.74) is 1.17. The molecule has 0 unspecified atom stereocenters. The Morgan fingerprint density at radius 3 is 2.88 bits per heavy atom. The molecule has 0 spiro atoms. The first-order valence-electron chi connectivity index (χ1n) is 5.97. The number of hydrogen-bond donors (Lipinski definition) is 1. The van der Waals surface area contributed by atoms with Crippen LogP contribution in [0.3, 0.4) is 0 Å². The zero-order valence-corrected chi connectivity index (χ0v) is 11.3. The number of likely N-dealkylation sites (N-methyl/N-ethyl adjacent to an activating group) is 1. The normalized spacial score (nSPS) is 11.2. The number of hydrogen-bond acceptors (Lipinski definition) is 5. The Labute approximate surface area is 102 Å². The Morgan fingerprint density at radius 2 is 2.19 bits per heavy atom. The first-order valence-corrected chi connectivity index (χ1v) is 6.74. The zero-order valence-electron chi connectivity index (χ0n) is 10.5. The highest BCUT2D eigenvalue weighted by atomic mass is 32.1. The van der Waals surface area contributed by atoms with Crippen molar-refractivity contribution in [2.75, 3.05) is 26.7 Å². The Bertz CT molecular complexity index is 287. The topological polar surface area (TPSA) is 41.1 Å². The average molecular weight is 242 g/mol. The molecule has 0 aromatic carbocycles. The summed E-state index contributed by atoms with van der Waals surface area (Å²) in [6.07, 6.45) is 2.18. The van der Waals surface area contributed by atoms with Crippen LogP contribution in [0.5, 0.6) is 0 Å². The third kappa shape index (κ3) is 4.55. The van der Waals surface area contributed by atoms with Gasteiger partial charge in [-0.3, -0.25) is 0 Å². The number of rotatable bonds is 8. The number of nitrogens with zero attached hydrogens (tertiary/aromatic N) is 3. The van der Waals surface area contributed by atoms with Gasteiger partial charge in [0.2, 0.25) is 0 Å². The van der Waals surface area contributed by atoms with E-state index in [4.69, 9.17) is 0 Å². The van der Waals surface area contributed by atoms with Gasteiger partial charge in [0, 0.05) is 19.6 Å². The maximum absolute atomic E-state index is 4.15. The quantitative estimate of drug-likeness (QED) is 0.702. The second-order valence-corrected chi connectivity index (χ2v) is 4.80. The highest BCUT2D eigenvalue weighted by Gasteiger charge is 2.06. The van der Waals surface area contributed by atoms with Crippen molar-refractivity contribution in [3.63, 3.8) is 0 Å². The molecule has 0 atom stereocenters. The molecule has 1 aromatic rings. The van der Waals surface area contributed by atoms with Gasteiger partial charge in [-0.05, 0) is 31.5 Å². The van der Waals surface area contributed by atoms with Gasteiger partial charge in [-0.15, -0.1) is 5.10 Å². The Balaban J connectivity index is 2.23. The Kier molecular flexibility index (Phi) is 6.52. The maximum atomic E-state index is 4.15. The molecule has 0 aliphatic carbocycles. The van der Waals surface area contributed by atoms with E-state index in [1.165, 1.54) is 22.1 Å². The molecule has 0 radical (unpaired) electrons. The van der Waals surface area contributed by atoms with Crippen LogP contribution in [-0.4, -0.2) is 41.2 Å². The molecule has 1 N–H and O–H groups in total. The summed E-state index contributed by atoms with van der Waals surface area (Å²) in [5.74, 6) is 0. The number of aromatic nitrogens is 2. The molecule has 0 fully saturated rings. The van der Waals surface area contributed by atoms with Crippen LogP contribution < -0.4 is 5.32 Å². The minimum Gasteiger partial charge on any atom is -0.310 e. The summed E-state index contributed by atoms with van der Waals surface area (Å²) in [7, 11) is 2.14. The Morgan fingerprint density at radius 1 is 1.38 bits per heavy atom. The van der Waals surface area contributed by atoms with Crippen LogP contribution in [0, 0.1) is 0 Å². The van der Waals surface area contributed by atoms with E-state index in [2.05, 4.69) is 40.7 Å². The molecule has 16 heavy (non-hydrogen) atoms. The van der Waals surface area contributed by atoms with E-state index in [0.29, 0.717) is 0 Å². The fraction of sp³-hybridized carbons (Fsp3) is 0.818. The van der Waals surface area contributed by atoms with Crippen molar-refractivity contribution >= 4 is 11.5 Å². The zero-order chi connectivity index (χ0) is 11.8. The second kappa shape index (κ2) is 7.70. The van der Waals surface area contributed by atoms with E-state index >= 15 is 0 Å². The molecule has 0 amide bonds. The predicted molar refractivity (Wildman–Crippen MR) is 68.8 cm³/mol. The van der Waals surface area contributed by atoms with Gasteiger partial charge in [-0.1, -0.05) is 24.8 Å². The smallest absolute Gasteiger partial charge is 0.0800 e. The fourth-order valence-corrected chi connectivity index (χ4v) is 2.07. The predicted octanol–water partition coefficient (Wildman–Crippen LogP) is 1.53. The standard InChI is InChI=1S/C11H22N4S/c1-4-6-10-11(16-14-13-10)9-12-7-8-15(3)5-2/h12H,4-9H2,1-3H3. The van der Waals surface area contributed by atoms with Crippen molar-refractivity contribution in [3.05, 3.63) is 10.6 Å². The van der Waals surface area contributed by atoms with Gasteiger partial charge in [-0.25, -0.2) is 0 Å². The Hall–Kier alpha value is -0.520. The molecule has 0 aliphatic rings. The monoisotopic (exact) mass is 242 g/mol. The van der Waals surface area contributed by atoms with Crippen LogP contribution in [0.15, 0.2) is 0 Å². The van der Waals surface area contributed by atoms with Crippen molar-refractivity contribution in [3.8, 4) is 0 Å². The number of nitrogens with one attached hydrogen (secondary N) is 1. The van der Waals surface area contributed by atoms with Gasteiger partial charge in [0.25, 0.3) is 0 Å². The molecule has 1 heterocycles. The van der Waals surface area contributed by atoms with Crippen molar-refractivity contribution in [1.82, 2.24) is 19.8 Å². The molecule has 0 saturated heterocycles. The molecule has 1 aromatic heterocycles.